The number of carbonyl (C=O) groups excluding carboxylic acids is 2. The number of aliphatic hydroxyl groups is 1. The van der Waals surface area contributed by atoms with Crippen molar-refractivity contribution in [2.24, 2.45) is 0 Å². The molecule has 0 aliphatic heterocycles. The molecule has 166 valence electrons. The molecule has 1 aliphatic rings. The van der Waals surface area contributed by atoms with E-state index in [2.05, 4.69) is 16.6 Å². The number of hydrogen-bond acceptors (Lipinski definition) is 5. The highest BCUT2D eigenvalue weighted by molar-refractivity contribution is 5.89. The molecule has 0 fully saturated rings. The van der Waals surface area contributed by atoms with Gasteiger partial charge in [0, 0.05) is 12.3 Å². The molecule has 4 N–H and O–H groups in total. The van der Waals surface area contributed by atoms with Gasteiger partial charge < -0.3 is 25.6 Å². The molecular formula is C24H24N2O6. The van der Waals surface area contributed by atoms with E-state index in [1.807, 2.05) is 48.5 Å². The van der Waals surface area contributed by atoms with Crippen molar-refractivity contribution in [1.82, 2.24) is 10.6 Å². The number of carboxylic acid groups (broad SMARTS) is 1. The van der Waals surface area contributed by atoms with Gasteiger partial charge in [-0.2, -0.15) is 0 Å². The highest BCUT2D eigenvalue weighted by Crippen LogP contribution is 2.44. The molecule has 0 heterocycles. The maximum atomic E-state index is 12.4. The van der Waals surface area contributed by atoms with Crippen molar-refractivity contribution < 1.29 is 29.3 Å². The lowest BCUT2D eigenvalue weighted by Crippen LogP contribution is -2.54. The fraction of sp³-hybridized carbons (Fsp3) is 0.292. The zero-order valence-electron chi connectivity index (χ0n) is 17.4. The third-order valence-corrected chi connectivity index (χ3v) is 5.32. The third-order valence-electron chi connectivity index (χ3n) is 5.32. The molecule has 2 amide bonds. The number of ether oxygens (including phenoxy) is 1. The van der Waals surface area contributed by atoms with Crippen molar-refractivity contribution in [2.45, 2.75) is 37.5 Å². The van der Waals surface area contributed by atoms with Gasteiger partial charge in [-0.05, 0) is 29.2 Å². The monoisotopic (exact) mass is 436 g/mol. The van der Waals surface area contributed by atoms with Gasteiger partial charge >= 0.3 is 12.1 Å². The number of fused-ring (bicyclic) bond motifs is 3. The van der Waals surface area contributed by atoms with E-state index in [4.69, 9.17) is 16.3 Å². The zero-order chi connectivity index (χ0) is 23.3. The number of rotatable bonds is 8. The summed E-state index contributed by atoms with van der Waals surface area (Å²) < 4.78 is 5.40. The van der Waals surface area contributed by atoms with E-state index < -0.39 is 36.2 Å². The van der Waals surface area contributed by atoms with Gasteiger partial charge in [-0.15, -0.1) is 12.3 Å². The number of carbonyl (C=O) groups is 3. The van der Waals surface area contributed by atoms with Crippen molar-refractivity contribution in [3.8, 4) is 23.5 Å². The number of terminal acetylenes is 1. The van der Waals surface area contributed by atoms with Crippen LogP contribution in [0.5, 0.6) is 0 Å². The largest absolute Gasteiger partial charge is 0.480 e. The molecule has 0 aromatic heterocycles. The fourth-order valence-electron chi connectivity index (χ4n) is 3.75. The number of aliphatic hydroxyl groups excluding tert-OH is 1. The molecule has 32 heavy (non-hydrogen) atoms. The summed E-state index contributed by atoms with van der Waals surface area (Å²) in [6, 6.07) is 13.0. The Morgan fingerprint density at radius 3 is 2.12 bits per heavy atom. The van der Waals surface area contributed by atoms with Gasteiger partial charge in [0.05, 0.1) is 6.10 Å². The van der Waals surface area contributed by atoms with E-state index in [-0.39, 0.29) is 18.9 Å². The Kier molecular flexibility index (Phi) is 7.13. The summed E-state index contributed by atoms with van der Waals surface area (Å²) >= 11 is 0. The molecule has 8 nitrogen and oxygen atoms in total. The Bertz CT molecular complexity index is 1010. The normalized spacial score (nSPS) is 14.8. The summed E-state index contributed by atoms with van der Waals surface area (Å²) in [5, 5.41) is 23.2. The van der Waals surface area contributed by atoms with Crippen LogP contribution in [0.15, 0.2) is 48.5 Å². The molecule has 1 aliphatic carbocycles. The predicted molar refractivity (Wildman–Crippen MR) is 117 cm³/mol. The SMILES string of the molecule is C#CCC(NC(=O)OCC1c2ccccc2-c2ccccc21)C(=O)NC(C(=O)O)C(C)O. The van der Waals surface area contributed by atoms with Crippen molar-refractivity contribution in [2.75, 3.05) is 6.61 Å². The minimum atomic E-state index is -1.54. The number of carboxylic acids is 1. The maximum absolute atomic E-state index is 12.4. The third kappa shape index (κ3) is 4.90. The number of alkyl carbamates (subject to hydrolysis) is 1. The van der Waals surface area contributed by atoms with E-state index in [1.165, 1.54) is 6.92 Å². The topological polar surface area (TPSA) is 125 Å². The summed E-state index contributed by atoms with van der Waals surface area (Å²) in [7, 11) is 0. The quantitative estimate of drug-likeness (QED) is 0.468. The minimum Gasteiger partial charge on any atom is -0.480 e. The minimum absolute atomic E-state index is 0.0513. The molecule has 0 bridgehead atoms. The maximum Gasteiger partial charge on any atom is 0.407 e. The summed E-state index contributed by atoms with van der Waals surface area (Å²) in [5.74, 6) is -0.122. The van der Waals surface area contributed by atoms with Crippen LogP contribution in [-0.4, -0.2) is 53.0 Å². The number of hydrogen-bond donors (Lipinski definition) is 4. The van der Waals surface area contributed by atoms with Crippen molar-refractivity contribution in [1.29, 1.82) is 0 Å². The highest BCUT2D eigenvalue weighted by Gasteiger charge is 2.31. The van der Waals surface area contributed by atoms with Gasteiger partial charge in [0.2, 0.25) is 5.91 Å². The van der Waals surface area contributed by atoms with Gasteiger partial charge in [0.25, 0.3) is 0 Å². The molecule has 0 radical (unpaired) electrons. The fourth-order valence-corrected chi connectivity index (χ4v) is 3.75. The van der Waals surface area contributed by atoms with Crippen LogP contribution in [0.3, 0.4) is 0 Å². The Hall–Kier alpha value is -3.83. The molecule has 2 aromatic rings. The lowest BCUT2D eigenvalue weighted by atomic mass is 9.98. The number of aliphatic carboxylic acids is 1. The molecular weight excluding hydrogens is 412 g/mol. The molecule has 3 unspecified atom stereocenters. The second kappa shape index (κ2) is 9.98. The lowest BCUT2D eigenvalue weighted by Gasteiger charge is -2.22. The number of nitrogens with one attached hydrogen (secondary N) is 2. The molecule has 0 saturated carbocycles. The Morgan fingerprint density at radius 2 is 1.62 bits per heavy atom. The van der Waals surface area contributed by atoms with E-state index in [0.29, 0.717) is 0 Å². The molecule has 0 saturated heterocycles. The summed E-state index contributed by atoms with van der Waals surface area (Å²) in [4.78, 5) is 36.0. The summed E-state index contributed by atoms with van der Waals surface area (Å²) in [5.41, 5.74) is 4.25. The Labute approximate surface area is 185 Å². The van der Waals surface area contributed by atoms with Gasteiger partial charge in [0.15, 0.2) is 6.04 Å². The molecule has 0 spiro atoms. The van der Waals surface area contributed by atoms with E-state index in [0.717, 1.165) is 22.3 Å². The summed E-state index contributed by atoms with van der Waals surface area (Å²) in [6.07, 6.45) is 2.92. The smallest absolute Gasteiger partial charge is 0.407 e. The van der Waals surface area contributed by atoms with Crippen LogP contribution in [0.25, 0.3) is 11.1 Å². The van der Waals surface area contributed by atoms with Gasteiger partial charge in [-0.25, -0.2) is 9.59 Å². The first-order valence-electron chi connectivity index (χ1n) is 10.1. The van der Waals surface area contributed by atoms with Crippen molar-refractivity contribution >= 4 is 18.0 Å². The Balaban J connectivity index is 1.66. The van der Waals surface area contributed by atoms with Crippen molar-refractivity contribution in [3.63, 3.8) is 0 Å². The van der Waals surface area contributed by atoms with Crippen LogP contribution >= 0.6 is 0 Å². The zero-order valence-corrected chi connectivity index (χ0v) is 17.4. The van der Waals surface area contributed by atoms with Crippen LogP contribution in [0.4, 0.5) is 4.79 Å². The summed E-state index contributed by atoms with van der Waals surface area (Å²) in [6.45, 7) is 1.28. The number of benzene rings is 2. The van der Waals surface area contributed by atoms with Crippen LogP contribution < -0.4 is 10.6 Å². The van der Waals surface area contributed by atoms with Crippen molar-refractivity contribution in [3.05, 3.63) is 59.7 Å². The lowest BCUT2D eigenvalue weighted by molar-refractivity contribution is -0.145. The molecule has 2 aromatic carbocycles. The first kappa shape index (κ1) is 22.8. The van der Waals surface area contributed by atoms with E-state index >= 15 is 0 Å². The van der Waals surface area contributed by atoms with Crippen LogP contribution in [0, 0.1) is 12.3 Å². The van der Waals surface area contributed by atoms with Gasteiger partial charge in [-0.1, -0.05) is 48.5 Å². The van der Waals surface area contributed by atoms with Crippen LogP contribution in [0.2, 0.25) is 0 Å². The van der Waals surface area contributed by atoms with Gasteiger partial charge in [0.1, 0.15) is 12.6 Å². The molecule has 3 atom stereocenters. The Morgan fingerprint density at radius 1 is 1.06 bits per heavy atom. The average Bonchev–Trinajstić information content (AvgIpc) is 3.09. The molecule has 3 rings (SSSR count). The first-order chi connectivity index (χ1) is 15.3. The second-order valence-corrected chi connectivity index (χ2v) is 7.50. The van der Waals surface area contributed by atoms with E-state index in [9.17, 15) is 19.5 Å². The van der Waals surface area contributed by atoms with Gasteiger partial charge in [-0.3, -0.25) is 4.79 Å². The average molecular weight is 436 g/mol. The molecule has 8 heteroatoms. The standard InChI is InChI=1S/C24H24N2O6/c1-3-8-20(22(28)26-21(14(2)27)23(29)30)25-24(31)32-13-19-17-11-6-4-9-15(17)16-10-5-7-12-18(16)19/h1,4-7,9-12,14,19-21,27H,8,13H2,2H3,(H,25,31)(H,26,28)(H,29,30). The van der Waals surface area contributed by atoms with Crippen LogP contribution in [-0.2, 0) is 14.3 Å². The second-order valence-electron chi connectivity index (χ2n) is 7.50. The number of amides is 2. The van der Waals surface area contributed by atoms with Crippen LogP contribution in [0.1, 0.15) is 30.4 Å². The van der Waals surface area contributed by atoms with E-state index in [1.54, 1.807) is 0 Å². The highest BCUT2D eigenvalue weighted by atomic mass is 16.5. The predicted octanol–water partition coefficient (Wildman–Crippen LogP) is 1.87. The first-order valence-corrected chi connectivity index (χ1v) is 10.1.